The zero-order chi connectivity index (χ0) is 13.5. The van der Waals surface area contributed by atoms with Crippen LogP contribution in [0.5, 0.6) is 0 Å². The minimum atomic E-state index is 0.988. The van der Waals surface area contributed by atoms with Gasteiger partial charge in [0.15, 0.2) is 0 Å². The molecule has 2 aromatic carbocycles. The topological polar surface area (TPSA) is 24.1 Å². The third-order valence-electron chi connectivity index (χ3n) is 3.08. The van der Waals surface area contributed by atoms with Crippen LogP contribution in [-0.2, 0) is 0 Å². The highest BCUT2D eigenvalue weighted by Gasteiger charge is 1.93. The summed E-state index contributed by atoms with van der Waals surface area (Å²) in [5.41, 5.74) is 4.99. The SMILES string of the molecule is Cc1ccc(NCCCNc2cccc(C)c2)cc1. The van der Waals surface area contributed by atoms with Crippen LogP contribution in [0.2, 0.25) is 0 Å². The summed E-state index contributed by atoms with van der Waals surface area (Å²) in [7, 11) is 0. The lowest BCUT2D eigenvalue weighted by molar-refractivity contribution is 0.909. The van der Waals surface area contributed by atoms with Crippen LogP contribution in [0.3, 0.4) is 0 Å². The molecule has 2 nitrogen and oxygen atoms in total. The molecule has 100 valence electrons. The zero-order valence-electron chi connectivity index (χ0n) is 11.7. The second kappa shape index (κ2) is 6.83. The number of nitrogens with one attached hydrogen (secondary N) is 2. The van der Waals surface area contributed by atoms with Crippen molar-refractivity contribution in [2.75, 3.05) is 23.7 Å². The summed E-state index contributed by atoms with van der Waals surface area (Å²) in [5.74, 6) is 0. The molecule has 0 atom stereocenters. The van der Waals surface area contributed by atoms with Gasteiger partial charge in [0.05, 0.1) is 0 Å². The molecular formula is C17H22N2. The van der Waals surface area contributed by atoms with E-state index in [2.05, 4.69) is 73.0 Å². The summed E-state index contributed by atoms with van der Waals surface area (Å²) in [5, 5.41) is 6.87. The Labute approximate surface area is 115 Å². The van der Waals surface area contributed by atoms with Gasteiger partial charge in [-0.2, -0.15) is 0 Å². The lowest BCUT2D eigenvalue weighted by Gasteiger charge is -2.09. The predicted octanol–water partition coefficient (Wildman–Crippen LogP) is 4.22. The molecular weight excluding hydrogens is 232 g/mol. The van der Waals surface area contributed by atoms with Crippen LogP contribution in [0, 0.1) is 13.8 Å². The summed E-state index contributed by atoms with van der Waals surface area (Å²) in [4.78, 5) is 0. The monoisotopic (exact) mass is 254 g/mol. The Balaban J connectivity index is 1.66. The van der Waals surface area contributed by atoms with Crippen molar-refractivity contribution in [2.45, 2.75) is 20.3 Å². The second-order valence-electron chi connectivity index (χ2n) is 4.94. The maximum atomic E-state index is 3.44. The summed E-state index contributed by atoms with van der Waals surface area (Å²) in [6.07, 6.45) is 1.10. The lowest BCUT2D eigenvalue weighted by Crippen LogP contribution is -2.09. The number of hydrogen-bond donors (Lipinski definition) is 2. The maximum Gasteiger partial charge on any atom is 0.0342 e. The fraction of sp³-hybridized carbons (Fsp3) is 0.294. The van der Waals surface area contributed by atoms with Gasteiger partial charge in [-0.15, -0.1) is 0 Å². The Morgan fingerprint density at radius 3 is 2.11 bits per heavy atom. The Kier molecular flexibility index (Phi) is 4.85. The molecule has 19 heavy (non-hydrogen) atoms. The predicted molar refractivity (Wildman–Crippen MR) is 84.0 cm³/mol. The van der Waals surface area contributed by atoms with Crippen molar-refractivity contribution < 1.29 is 0 Å². The molecule has 0 radical (unpaired) electrons. The van der Waals surface area contributed by atoms with Gasteiger partial charge in [-0.3, -0.25) is 0 Å². The summed E-state index contributed by atoms with van der Waals surface area (Å²) >= 11 is 0. The van der Waals surface area contributed by atoms with E-state index < -0.39 is 0 Å². The lowest BCUT2D eigenvalue weighted by atomic mass is 10.2. The molecule has 0 heterocycles. The molecule has 0 aliphatic heterocycles. The molecule has 0 spiro atoms. The Morgan fingerprint density at radius 1 is 0.737 bits per heavy atom. The molecule has 2 N–H and O–H groups in total. The van der Waals surface area contributed by atoms with Gasteiger partial charge >= 0.3 is 0 Å². The van der Waals surface area contributed by atoms with Gasteiger partial charge in [0.1, 0.15) is 0 Å². The van der Waals surface area contributed by atoms with Crippen molar-refractivity contribution in [1.82, 2.24) is 0 Å². The second-order valence-corrected chi connectivity index (χ2v) is 4.94. The first-order chi connectivity index (χ1) is 9.24. The highest BCUT2D eigenvalue weighted by molar-refractivity contribution is 5.46. The molecule has 0 aromatic heterocycles. The zero-order valence-corrected chi connectivity index (χ0v) is 11.7. The Morgan fingerprint density at radius 2 is 1.42 bits per heavy atom. The standard InChI is InChI=1S/C17H22N2/c1-14-7-9-16(10-8-14)18-11-4-12-19-17-6-3-5-15(2)13-17/h3,5-10,13,18-19H,4,11-12H2,1-2H3. The first kappa shape index (κ1) is 13.5. The minimum absolute atomic E-state index is 0.988. The smallest absolute Gasteiger partial charge is 0.0342 e. The van der Waals surface area contributed by atoms with Crippen LogP contribution < -0.4 is 10.6 Å². The van der Waals surface area contributed by atoms with E-state index in [1.54, 1.807) is 0 Å². The van der Waals surface area contributed by atoms with E-state index in [1.807, 2.05) is 0 Å². The van der Waals surface area contributed by atoms with Gasteiger partial charge in [0.2, 0.25) is 0 Å². The maximum absolute atomic E-state index is 3.44. The van der Waals surface area contributed by atoms with Crippen molar-refractivity contribution in [3.05, 3.63) is 59.7 Å². The fourth-order valence-electron chi connectivity index (χ4n) is 1.98. The molecule has 0 saturated carbocycles. The van der Waals surface area contributed by atoms with Gasteiger partial charge in [-0.25, -0.2) is 0 Å². The summed E-state index contributed by atoms with van der Waals surface area (Å²) < 4.78 is 0. The largest absolute Gasteiger partial charge is 0.385 e. The number of hydrogen-bond acceptors (Lipinski definition) is 2. The normalized spacial score (nSPS) is 10.2. The molecule has 0 aliphatic carbocycles. The van der Waals surface area contributed by atoms with Crippen molar-refractivity contribution in [2.24, 2.45) is 0 Å². The summed E-state index contributed by atoms with van der Waals surface area (Å²) in [6.45, 7) is 6.20. The van der Waals surface area contributed by atoms with E-state index in [0.29, 0.717) is 0 Å². The quantitative estimate of drug-likeness (QED) is 0.754. The molecule has 0 amide bonds. The van der Waals surface area contributed by atoms with E-state index >= 15 is 0 Å². The molecule has 2 aromatic rings. The number of aryl methyl sites for hydroxylation is 2. The van der Waals surface area contributed by atoms with Gasteiger partial charge in [0.25, 0.3) is 0 Å². The first-order valence-electron chi connectivity index (χ1n) is 6.85. The van der Waals surface area contributed by atoms with Crippen LogP contribution >= 0.6 is 0 Å². The van der Waals surface area contributed by atoms with Crippen molar-refractivity contribution >= 4 is 11.4 Å². The number of benzene rings is 2. The molecule has 0 bridgehead atoms. The van der Waals surface area contributed by atoms with Crippen molar-refractivity contribution in [3.8, 4) is 0 Å². The van der Waals surface area contributed by atoms with E-state index in [9.17, 15) is 0 Å². The molecule has 0 saturated heterocycles. The van der Waals surface area contributed by atoms with Gasteiger partial charge in [-0.1, -0.05) is 29.8 Å². The van der Waals surface area contributed by atoms with Gasteiger partial charge < -0.3 is 10.6 Å². The average Bonchev–Trinajstić information content (AvgIpc) is 2.41. The van der Waals surface area contributed by atoms with E-state index in [4.69, 9.17) is 0 Å². The number of rotatable bonds is 6. The third kappa shape index (κ3) is 4.66. The summed E-state index contributed by atoms with van der Waals surface area (Å²) in [6, 6.07) is 17.0. The van der Waals surface area contributed by atoms with Crippen LogP contribution in [0.15, 0.2) is 48.5 Å². The van der Waals surface area contributed by atoms with E-state index in [-0.39, 0.29) is 0 Å². The first-order valence-corrected chi connectivity index (χ1v) is 6.85. The van der Waals surface area contributed by atoms with Crippen molar-refractivity contribution in [3.63, 3.8) is 0 Å². The Hall–Kier alpha value is -1.96. The molecule has 0 aliphatic rings. The molecule has 2 rings (SSSR count). The third-order valence-corrected chi connectivity index (χ3v) is 3.08. The van der Waals surface area contributed by atoms with Crippen LogP contribution in [0.4, 0.5) is 11.4 Å². The highest BCUT2D eigenvalue weighted by Crippen LogP contribution is 2.10. The van der Waals surface area contributed by atoms with Crippen LogP contribution in [0.25, 0.3) is 0 Å². The average molecular weight is 254 g/mol. The van der Waals surface area contributed by atoms with E-state index in [1.165, 1.54) is 22.5 Å². The van der Waals surface area contributed by atoms with Gasteiger partial charge in [-0.05, 0) is 50.1 Å². The molecule has 0 unspecified atom stereocenters. The van der Waals surface area contributed by atoms with Crippen LogP contribution in [0.1, 0.15) is 17.5 Å². The molecule has 0 fully saturated rings. The van der Waals surface area contributed by atoms with Crippen LogP contribution in [-0.4, -0.2) is 13.1 Å². The highest BCUT2D eigenvalue weighted by atomic mass is 14.9. The molecule has 2 heteroatoms. The van der Waals surface area contributed by atoms with E-state index in [0.717, 1.165) is 19.5 Å². The fourth-order valence-corrected chi connectivity index (χ4v) is 1.98. The van der Waals surface area contributed by atoms with Gasteiger partial charge in [0, 0.05) is 24.5 Å². The minimum Gasteiger partial charge on any atom is -0.385 e. The van der Waals surface area contributed by atoms with Crippen molar-refractivity contribution in [1.29, 1.82) is 0 Å². The number of anilines is 2. The Bertz CT molecular complexity index is 503.